The predicted octanol–water partition coefficient (Wildman–Crippen LogP) is 6.19. The summed E-state index contributed by atoms with van der Waals surface area (Å²) in [4.78, 5) is 11.7. The van der Waals surface area contributed by atoms with E-state index >= 15 is 0 Å². The lowest BCUT2D eigenvalue weighted by molar-refractivity contribution is -0.154. The summed E-state index contributed by atoms with van der Waals surface area (Å²) in [5, 5.41) is 9.32. The summed E-state index contributed by atoms with van der Waals surface area (Å²) in [5.74, 6) is -0.219. The van der Waals surface area contributed by atoms with Crippen LogP contribution in [0.3, 0.4) is 0 Å². The van der Waals surface area contributed by atoms with Gasteiger partial charge in [-0.15, -0.1) is 0 Å². The molecule has 0 rings (SSSR count). The fraction of sp³-hybridized carbons (Fsp3) is 0.957. The summed E-state index contributed by atoms with van der Waals surface area (Å²) in [7, 11) is 0. The molecule has 0 heterocycles. The zero-order valence-electron chi connectivity index (χ0n) is 18.2. The fourth-order valence-electron chi connectivity index (χ4n) is 3.15. The van der Waals surface area contributed by atoms with Crippen molar-refractivity contribution in [2.45, 2.75) is 123 Å². The number of hydrogen-bond acceptors (Lipinski definition) is 4. The second-order valence-electron chi connectivity index (χ2n) is 7.72. The first-order valence-electron chi connectivity index (χ1n) is 11.6. The van der Waals surface area contributed by atoms with Gasteiger partial charge in [-0.3, -0.25) is 4.79 Å². The summed E-state index contributed by atoms with van der Waals surface area (Å²) >= 11 is 0. The van der Waals surface area contributed by atoms with Crippen LogP contribution in [0.1, 0.15) is 117 Å². The molecule has 1 N–H and O–H groups in total. The van der Waals surface area contributed by atoms with E-state index in [1.165, 1.54) is 64.2 Å². The number of aliphatic hydroxyl groups excluding tert-OH is 1. The van der Waals surface area contributed by atoms with Gasteiger partial charge in [0.05, 0.1) is 13.2 Å². The molecule has 1 unspecified atom stereocenters. The van der Waals surface area contributed by atoms with Gasteiger partial charge in [-0.25, -0.2) is 0 Å². The van der Waals surface area contributed by atoms with Crippen molar-refractivity contribution in [3.05, 3.63) is 0 Å². The summed E-state index contributed by atoms with van der Waals surface area (Å²) in [6, 6.07) is 0. The Hall–Kier alpha value is -0.610. The van der Waals surface area contributed by atoms with Crippen LogP contribution in [0.25, 0.3) is 0 Å². The van der Waals surface area contributed by atoms with Crippen molar-refractivity contribution in [2.24, 2.45) is 0 Å². The predicted molar refractivity (Wildman–Crippen MR) is 113 cm³/mol. The van der Waals surface area contributed by atoms with E-state index in [1.54, 1.807) is 0 Å². The molecule has 0 fully saturated rings. The van der Waals surface area contributed by atoms with Crippen molar-refractivity contribution < 1.29 is 19.4 Å². The number of carbonyl (C=O) groups excluding carboxylic acids is 1. The molecule has 0 aromatic carbocycles. The van der Waals surface area contributed by atoms with E-state index < -0.39 is 6.10 Å². The Morgan fingerprint density at radius 2 is 1.22 bits per heavy atom. The molecule has 0 bridgehead atoms. The lowest BCUT2D eigenvalue weighted by Gasteiger charge is -2.15. The minimum absolute atomic E-state index is 0.168. The zero-order chi connectivity index (χ0) is 20.0. The standard InChI is InChI=1S/C23H46O4/c1-3-5-7-9-10-11-12-13-14-15-17-19-26-21-22(20-24)27-23(25)18-16-8-6-4-2/h22,24H,3-21H2,1-2H3. The Labute approximate surface area is 168 Å². The van der Waals surface area contributed by atoms with E-state index in [0.29, 0.717) is 19.6 Å². The van der Waals surface area contributed by atoms with Crippen LogP contribution in [0, 0.1) is 0 Å². The SMILES string of the molecule is CCCCCCCCCCCCCOCC(CO)OC(=O)CCCCCC. The van der Waals surface area contributed by atoms with Gasteiger partial charge in [-0.2, -0.15) is 0 Å². The highest BCUT2D eigenvalue weighted by Crippen LogP contribution is 2.11. The fourth-order valence-corrected chi connectivity index (χ4v) is 3.15. The van der Waals surface area contributed by atoms with Gasteiger partial charge in [0.25, 0.3) is 0 Å². The van der Waals surface area contributed by atoms with Crippen LogP contribution in [0.2, 0.25) is 0 Å². The summed E-state index contributed by atoms with van der Waals surface area (Å²) < 4.78 is 10.8. The van der Waals surface area contributed by atoms with Crippen molar-refractivity contribution in [3.8, 4) is 0 Å². The minimum atomic E-state index is -0.517. The van der Waals surface area contributed by atoms with Gasteiger partial charge in [-0.05, 0) is 12.8 Å². The van der Waals surface area contributed by atoms with Gasteiger partial charge < -0.3 is 14.6 Å². The third-order valence-corrected chi connectivity index (χ3v) is 4.93. The first kappa shape index (κ1) is 26.4. The van der Waals surface area contributed by atoms with Crippen LogP contribution < -0.4 is 0 Å². The first-order valence-corrected chi connectivity index (χ1v) is 11.6. The molecule has 0 radical (unpaired) electrons. The molecule has 0 spiro atoms. The van der Waals surface area contributed by atoms with Crippen LogP contribution >= 0.6 is 0 Å². The molecule has 0 saturated carbocycles. The Bertz CT molecular complexity index is 307. The molecule has 0 aliphatic rings. The maximum atomic E-state index is 11.7. The number of carbonyl (C=O) groups is 1. The van der Waals surface area contributed by atoms with Crippen molar-refractivity contribution in [2.75, 3.05) is 19.8 Å². The monoisotopic (exact) mass is 386 g/mol. The molecule has 0 aromatic rings. The third kappa shape index (κ3) is 19.9. The Morgan fingerprint density at radius 3 is 1.74 bits per heavy atom. The second-order valence-corrected chi connectivity index (χ2v) is 7.72. The van der Waals surface area contributed by atoms with Crippen LogP contribution in [-0.4, -0.2) is 37.0 Å². The Balaban J connectivity index is 3.39. The summed E-state index contributed by atoms with van der Waals surface area (Å²) in [6.45, 7) is 5.22. The molecular weight excluding hydrogens is 340 g/mol. The van der Waals surface area contributed by atoms with Crippen molar-refractivity contribution in [1.82, 2.24) is 0 Å². The molecule has 0 aliphatic carbocycles. The average molecular weight is 387 g/mol. The topological polar surface area (TPSA) is 55.8 Å². The van der Waals surface area contributed by atoms with E-state index in [9.17, 15) is 9.90 Å². The maximum Gasteiger partial charge on any atom is 0.306 e. The molecular formula is C23H46O4. The van der Waals surface area contributed by atoms with Gasteiger partial charge in [0.15, 0.2) is 0 Å². The maximum absolute atomic E-state index is 11.7. The van der Waals surface area contributed by atoms with E-state index in [2.05, 4.69) is 13.8 Å². The Kier molecular flexibility index (Phi) is 21.2. The molecule has 4 heteroatoms. The van der Waals surface area contributed by atoms with Crippen molar-refractivity contribution >= 4 is 5.97 Å². The number of aliphatic hydroxyl groups is 1. The van der Waals surface area contributed by atoms with Crippen molar-refractivity contribution in [1.29, 1.82) is 0 Å². The average Bonchev–Trinajstić information content (AvgIpc) is 2.68. The van der Waals surface area contributed by atoms with E-state index in [0.717, 1.165) is 32.1 Å². The Morgan fingerprint density at radius 1 is 0.741 bits per heavy atom. The van der Waals surface area contributed by atoms with Gasteiger partial charge in [0.2, 0.25) is 0 Å². The third-order valence-electron chi connectivity index (χ3n) is 4.93. The number of esters is 1. The van der Waals surface area contributed by atoms with E-state index in [1.807, 2.05) is 0 Å². The van der Waals surface area contributed by atoms with Crippen LogP contribution in [0.15, 0.2) is 0 Å². The van der Waals surface area contributed by atoms with Gasteiger partial charge in [0.1, 0.15) is 6.10 Å². The molecule has 0 amide bonds. The van der Waals surface area contributed by atoms with Gasteiger partial charge in [0, 0.05) is 13.0 Å². The van der Waals surface area contributed by atoms with Crippen molar-refractivity contribution in [3.63, 3.8) is 0 Å². The molecule has 0 saturated heterocycles. The summed E-state index contributed by atoms with van der Waals surface area (Å²) in [5.41, 5.74) is 0. The van der Waals surface area contributed by atoms with E-state index in [4.69, 9.17) is 9.47 Å². The molecule has 1 atom stereocenters. The molecule has 27 heavy (non-hydrogen) atoms. The lowest BCUT2D eigenvalue weighted by atomic mass is 10.1. The highest BCUT2D eigenvalue weighted by atomic mass is 16.6. The molecule has 0 aliphatic heterocycles. The number of ether oxygens (including phenoxy) is 2. The number of hydrogen-bond donors (Lipinski definition) is 1. The highest BCUT2D eigenvalue weighted by Gasteiger charge is 2.13. The van der Waals surface area contributed by atoms with Gasteiger partial charge >= 0.3 is 5.97 Å². The number of unbranched alkanes of at least 4 members (excludes halogenated alkanes) is 13. The van der Waals surface area contributed by atoms with Crippen LogP contribution in [-0.2, 0) is 14.3 Å². The van der Waals surface area contributed by atoms with E-state index in [-0.39, 0.29) is 12.6 Å². The smallest absolute Gasteiger partial charge is 0.306 e. The first-order chi connectivity index (χ1) is 13.2. The summed E-state index contributed by atoms with van der Waals surface area (Å²) in [6.07, 6.45) is 18.6. The molecule has 0 aromatic heterocycles. The van der Waals surface area contributed by atoms with Crippen LogP contribution in [0.4, 0.5) is 0 Å². The second kappa shape index (κ2) is 21.7. The highest BCUT2D eigenvalue weighted by molar-refractivity contribution is 5.69. The van der Waals surface area contributed by atoms with Crippen LogP contribution in [0.5, 0.6) is 0 Å². The minimum Gasteiger partial charge on any atom is -0.457 e. The quantitative estimate of drug-likeness (QED) is 0.189. The number of rotatable bonds is 21. The normalized spacial score (nSPS) is 12.3. The molecule has 162 valence electrons. The zero-order valence-corrected chi connectivity index (χ0v) is 18.2. The van der Waals surface area contributed by atoms with Gasteiger partial charge in [-0.1, -0.05) is 97.3 Å². The largest absolute Gasteiger partial charge is 0.457 e. The lowest BCUT2D eigenvalue weighted by Crippen LogP contribution is -2.27. The molecule has 4 nitrogen and oxygen atoms in total.